The minimum absolute atomic E-state index is 0.134. The standard InChI is InChI=1S/C39H44O7.4C2H6/c1-38(2,29-9-17-34(18-10-29)43-23-36-25-45-36)27-5-13-32(14-6-27)41-21-31(40)22-42-33-15-7-28(8-16-33)39(3,4)30-11-19-35(20-12-30)44-24-37-26-46-37;4*1-2/h5-20,31,36-37,40H,21-26H2,1-4H3;4*1-2H3. The first kappa shape index (κ1) is 46.1. The highest BCUT2D eigenvalue weighted by atomic mass is 16.6. The van der Waals surface area contributed by atoms with Crippen molar-refractivity contribution in [1.29, 1.82) is 0 Å². The second-order valence-electron chi connectivity index (χ2n) is 13.2. The number of aliphatic hydroxyl groups is 1. The quantitative estimate of drug-likeness (QED) is 0.114. The third kappa shape index (κ3) is 14.3. The van der Waals surface area contributed by atoms with Crippen molar-refractivity contribution in [2.75, 3.05) is 39.6 Å². The molecule has 0 bridgehead atoms. The van der Waals surface area contributed by atoms with Crippen LogP contribution in [-0.2, 0) is 20.3 Å². The minimum atomic E-state index is -0.772. The summed E-state index contributed by atoms with van der Waals surface area (Å²) in [5.74, 6) is 3.11. The number of benzene rings is 4. The number of ether oxygens (including phenoxy) is 6. The highest BCUT2D eigenvalue weighted by molar-refractivity contribution is 5.43. The first-order valence-corrected chi connectivity index (χ1v) is 20.0. The van der Waals surface area contributed by atoms with Crippen molar-refractivity contribution in [3.63, 3.8) is 0 Å². The molecule has 0 radical (unpaired) electrons. The zero-order valence-corrected chi connectivity index (χ0v) is 35.1. The Hall–Kier alpha value is -4.04. The van der Waals surface area contributed by atoms with Gasteiger partial charge >= 0.3 is 0 Å². The lowest BCUT2D eigenvalue weighted by atomic mass is 9.78. The van der Waals surface area contributed by atoms with Crippen LogP contribution in [0.2, 0.25) is 0 Å². The van der Waals surface area contributed by atoms with Crippen LogP contribution in [0, 0.1) is 0 Å². The molecule has 0 amide bonds. The van der Waals surface area contributed by atoms with Crippen molar-refractivity contribution >= 4 is 0 Å². The van der Waals surface area contributed by atoms with Gasteiger partial charge in [-0.1, -0.05) is 132 Å². The van der Waals surface area contributed by atoms with Crippen LogP contribution < -0.4 is 18.9 Å². The van der Waals surface area contributed by atoms with Crippen LogP contribution in [-0.4, -0.2) is 63.1 Å². The summed E-state index contributed by atoms with van der Waals surface area (Å²) in [7, 11) is 0. The van der Waals surface area contributed by atoms with Gasteiger partial charge in [0, 0.05) is 10.8 Å². The van der Waals surface area contributed by atoms with Crippen molar-refractivity contribution < 1.29 is 33.5 Å². The minimum Gasteiger partial charge on any atom is -0.491 e. The fraction of sp³-hybridized carbons (Fsp3) is 0.489. The van der Waals surface area contributed by atoms with E-state index in [2.05, 4.69) is 76.2 Å². The highest BCUT2D eigenvalue weighted by Crippen LogP contribution is 2.35. The van der Waals surface area contributed by atoms with Crippen molar-refractivity contribution in [2.24, 2.45) is 0 Å². The number of aliphatic hydroxyl groups excluding tert-OH is 1. The summed E-state index contributed by atoms with van der Waals surface area (Å²) < 4.78 is 33.7. The smallest absolute Gasteiger partial charge is 0.122 e. The van der Waals surface area contributed by atoms with Crippen molar-refractivity contribution in [3.05, 3.63) is 119 Å². The fourth-order valence-electron chi connectivity index (χ4n) is 5.34. The molecule has 7 nitrogen and oxygen atoms in total. The van der Waals surface area contributed by atoms with E-state index < -0.39 is 6.10 Å². The Balaban J connectivity index is 0.00000118. The normalized spacial score (nSPS) is 15.8. The molecule has 2 heterocycles. The summed E-state index contributed by atoms with van der Waals surface area (Å²) in [6.07, 6.45) is -0.289. The molecular formula is C47H68O7. The Labute approximate surface area is 326 Å². The molecule has 2 fully saturated rings. The summed E-state index contributed by atoms with van der Waals surface area (Å²) in [6.45, 7) is 27.8. The molecule has 0 spiro atoms. The molecule has 2 atom stereocenters. The maximum atomic E-state index is 10.5. The summed E-state index contributed by atoms with van der Waals surface area (Å²) in [5.41, 5.74) is 4.33. The highest BCUT2D eigenvalue weighted by Gasteiger charge is 2.26. The van der Waals surface area contributed by atoms with Crippen molar-refractivity contribution in [3.8, 4) is 23.0 Å². The molecule has 1 N–H and O–H groups in total. The van der Waals surface area contributed by atoms with Crippen LogP contribution in [0.1, 0.15) is 105 Å². The summed E-state index contributed by atoms with van der Waals surface area (Å²) in [5, 5.41) is 10.5. The predicted octanol–water partition coefficient (Wildman–Crippen LogP) is 10.8. The second-order valence-corrected chi connectivity index (χ2v) is 13.2. The zero-order chi connectivity index (χ0) is 40.1. The van der Waals surface area contributed by atoms with Gasteiger partial charge in [-0.2, -0.15) is 0 Å². The molecular weight excluding hydrogens is 677 g/mol. The summed E-state index contributed by atoms with van der Waals surface area (Å²) in [6, 6.07) is 32.6. The molecule has 298 valence electrons. The van der Waals surface area contributed by atoms with Gasteiger partial charge < -0.3 is 33.5 Å². The molecule has 0 aromatic heterocycles. The van der Waals surface area contributed by atoms with Crippen molar-refractivity contribution in [2.45, 2.75) is 112 Å². The predicted molar refractivity (Wildman–Crippen MR) is 223 cm³/mol. The van der Waals surface area contributed by atoms with Gasteiger partial charge in [0.05, 0.1) is 13.2 Å². The number of epoxide rings is 2. The Morgan fingerprint density at radius 1 is 0.463 bits per heavy atom. The molecule has 7 heteroatoms. The number of hydrogen-bond donors (Lipinski definition) is 1. The van der Waals surface area contributed by atoms with E-state index in [-0.39, 0.29) is 36.3 Å². The molecule has 2 aliphatic heterocycles. The van der Waals surface area contributed by atoms with Gasteiger partial charge in [0.2, 0.25) is 0 Å². The Morgan fingerprint density at radius 2 is 0.685 bits per heavy atom. The first-order chi connectivity index (χ1) is 26.2. The molecule has 0 aliphatic carbocycles. The lowest BCUT2D eigenvalue weighted by Crippen LogP contribution is -2.25. The molecule has 4 aromatic carbocycles. The van der Waals surface area contributed by atoms with Gasteiger partial charge in [-0.15, -0.1) is 0 Å². The third-order valence-corrected chi connectivity index (χ3v) is 8.87. The molecule has 2 saturated heterocycles. The average Bonchev–Trinajstić information content (AvgIpc) is 4.18. The van der Waals surface area contributed by atoms with Gasteiger partial charge in [-0.3, -0.25) is 0 Å². The van der Waals surface area contributed by atoms with Crippen LogP contribution >= 0.6 is 0 Å². The number of rotatable bonds is 16. The van der Waals surface area contributed by atoms with Crippen LogP contribution in [0.4, 0.5) is 0 Å². The van der Waals surface area contributed by atoms with E-state index in [1.807, 2.05) is 104 Å². The van der Waals surface area contributed by atoms with Gasteiger partial charge in [0.15, 0.2) is 0 Å². The fourth-order valence-corrected chi connectivity index (χ4v) is 5.34. The summed E-state index contributed by atoms with van der Waals surface area (Å²) >= 11 is 0. The van der Waals surface area contributed by atoms with Gasteiger partial charge in [0.25, 0.3) is 0 Å². The monoisotopic (exact) mass is 744 g/mol. The molecule has 2 aliphatic rings. The lowest BCUT2D eigenvalue weighted by Gasteiger charge is -2.26. The van der Waals surface area contributed by atoms with Gasteiger partial charge in [0.1, 0.15) is 67.7 Å². The van der Waals surface area contributed by atoms with Gasteiger partial charge in [-0.05, 0) is 70.8 Å². The maximum absolute atomic E-state index is 10.5. The van der Waals surface area contributed by atoms with Crippen LogP contribution in [0.5, 0.6) is 23.0 Å². The SMILES string of the molecule is CC.CC.CC.CC.CC(C)(c1ccc(OCC(O)COc2ccc(C(C)(C)c3ccc(OCC4CO4)cc3)cc2)cc1)c1ccc(OCC2CO2)cc1. The Morgan fingerprint density at radius 3 is 0.907 bits per heavy atom. The molecule has 0 saturated carbocycles. The van der Waals surface area contributed by atoms with E-state index in [9.17, 15) is 5.11 Å². The van der Waals surface area contributed by atoms with E-state index in [0.717, 1.165) is 24.7 Å². The molecule has 4 aromatic rings. The summed E-state index contributed by atoms with van der Waals surface area (Å²) in [4.78, 5) is 0. The van der Waals surface area contributed by atoms with E-state index in [0.29, 0.717) is 24.7 Å². The zero-order valence-electron chi connectivity index (χ0n) is 35.1. The topological polar surface area (TPSA) is 82.2 Å². The maximum Gasteiger partial charge on any atom is 0.122 e. The van der Waals surface area contributed by atoms with Crippen LogP contribution in [0.3, 0.4) is 0 Å². The van der Waals surface area contributed by atoms with E-state index in [4.69, 9.17) is 28.4 Å². The molecule has 2 unspecified atom stereocenters. The van der Waals surface area contributed by atoms with Crippen molar-refractivity contribution in [1.82, 2.24) is 0 Å². The lowest BCUT2D eigenvalue weighted by molar-refractivity contribution is 0.0626. The van der Waals surface area contributed by atoms with E-state index in [1.165, 1.54) is 22.3 Å². The number of hydrogen-bond acceptors (Lipinski definition) is 7. The molecule has 6 rings (SSSR count). The largest absolute Gasteiger partial charge is 0.491 e. The van der Waals surface area contributed by atoms with Crippen LogP contribution in [0.25, 0.3) is 0 Å². The van der Waals surface area contributed by atoms with E-state index in [1.54, 1.807) is 0 Å². The second kappa shape index (κ2) is 23.7. The average molecular weight is 745 g/mol. The third-order valence-electron chi connectivity index (χ3n) is 8.87. The Bertz CT molecular complexity index is 1420. The first-order valence-electron chi connectivity index (χ1n) is 20.0. The van der Waals surface area contributed by atoms with E-state index >= 15 is 0 Å². The van der Waals surface area contributed by atoms with Gasteiger partial charge in [-0.25, -0.2) is 0 Å². The Kier molecular flexibility index (Phi) is 20.2. The molecule has 54 heavy (non-hydrogen) atoms. The van der Waals surface area contributed by atoms with Crippen LogP contribution in [0.15, 0.2) is 97.1 Å².